The van der Waals surface area contributed by atoms with Crippen LogP contribution in [0.2, 0.25) is 0 Å². The van der Waals surface area contributed by atoms with Crippen molar-refractivity contribution in [3.05, 3.63) is 0 Å². The van der Waals surface area contributed by atoms with E-state index >= 15 is 0 Å². The maximum atomic E-state index is 12.9. The molecule has 0 N–H and O–H groups in total. The van der Waals surface area contributed by atoms with Crippen molar-refractivity contribution in [3.8, 4) is 0 Å². The van der Waals surface area contributed by atoms with Gasteiger partial charge >= 0.3 is 11.9 Å². The predicted molar refractivity (Wildman–Crippen MR) is 320 cm³/mol. The molecule has 0 fully saturated rings. The van der Waals surface area contributed by atoms with Gasteiger partial charge in [-0.1, -0.05) is 328 Å². The fourth-order valence-electron chi connectivity index (χ4n) is 10.4. The molecule has 0 amide bonds. The van der Waals surface area contributed by atoms with Gasteiger partial charge < -0.3 is 33.3 Å². The topological polar surface area (TPSA) is 111 Å². The second-order valence-corrected chi connectivity index (χ2v) is 24.5. The number of aliphatic carboxylic acids is 1. The Morgan fingerprint density at radius 2 is 0.592 bits per heavy atom. The molecule has 0 aromatic heterocycles. The molecule has 2 atom stereocenters. The van der Waals surface area contributed by atoms with Gasteiger partial charge in [0.2, 0.25) is 0 Å². The molecule has 0 saturated carbocycles. The number of carboxylic acid groups (broad SMARTS) is 1. The molecule has 0 aromatic rings. The van der Waals surface area contributed by atoms with Crippen LogP contribution in [0.1, 0.15) is 354 Å². The minimum Gasteiger partial charge on any atom is -0.545 e. The van der Waals surface area contributed by atoms with E-state index in [-0.39, 0.29) is 32.2 Å². The SMILES string of the molecule is CCCCCCCCCCCCCCCCCCCCCCCCCCCCCCCCCCCCCC(=O)OC(COC(=O)CCCCCCCCCCCCCCCCCC)COC(OCC[N+](C)(C)C)C(=O)[O-]. The molecule has 0 aliphatic heterocycles. The van der Waals surface area contributed by atoms with Crippen LogP contribution < -0.4 is 5.11 Å². The van der Waals surface area contributed by atoms with E-state index in [1.54, 1.807) is 0 Å². The third-order valence-electron chi connectivity index (χ3n) is 15.6. The molecule has 9 heteroatoms. The number of esters is 2. The van der Waals surface area contributed by atoms with Gasteiger partial charge in [0.15, 0.2) is 12.4 Å². The van der Waals surface area contributed by atoms with E-state index in [2.05, 4.69) is 13.8 Å². The summed E-state index contributed by atoms with van der Waals surface area (Å²) in [6.45, 7) is 4.83. The van der Waals surface area contributed by atoms with Crippen molar-refractivity contribution in [1.82, 2.24) is 0 Å². The molecule has 0 spiro atoms. The summed E-state index contributed by atoms with van der Waals surface area (Å²) < 4.78 is 22.8. The molecule has 0 radical (unpaired) electrons. The minimum absolute atomic E-state index is 0.153. The van der Waals surface area contributed by atoms with Crippen LogP contribution in [-0.4, -0.2) is 82.3 Å². The number of carbonyl (C=O) groups is 3. The fraction of sp³-hybridized carbons (Fsp3) is 0.955. The number of unbranched alkanes of at least 4 members (excludes halogenated alkanes) is 49. The zero-order valence-corrected chi connectivity index (χ0v) is 51.7. The van der Waals surface area contributed by atoms with Crippen molar-refractivity contribution < 1.29 is 42.9 Å². The molecule has 0 heterocycles. The summed E-state index contributed by atoms with van der Waals surface area (Å²) in [7, 11) is 5.94. The summed E-state index contributed by atoms with van der Waals surface area (Å²) >= 11 is 0. The number of ether oxygens (including phenoxy) is 4. The molecule has 0 aliphatic carbocycles. The molecule has 0 saturated heterocycles. The van der Waals surface area contributed by atoms with E-state index in [9.17, 15) is 19.5 Å². The first-order valence-corrected chi connectivity index (χ1v) is 33.7. The Morgan fingerprint density at radius 1 is 0.342 bits per heavy atom. The van der Waals surface area contributed by atoms with Gasteiger partial charge in [-0.25, -0.2) is 0 Å². The Bertz CT molecular complexity index is 1210. The number of likely N-dealkylation sites (N-methyl/N-ethyl adjacent to an activating group) is 1. The van der Waals surface area contributed by atoms with E-state index in [4.69, 9.17) is 18.9 Å². The number of rotatable bonds is 64. The fourth-order valence-corrected chi connectivity index (χ4v) is 10.4. The molecular formula is C67H131NO8. The Hall–Kier alpha value is -1.71. The van der Waals surface area contributed by atoms with Crippen molar-refractivity contribution >= 4 is 17.9 Å². The molecule has 0 bridgehead atoms. The number of quaternary nitrogens is 1. The normalized spacial score (nSPS) is 12.6. The van der Waals surface area contributed by atoms with Crippen LogP contribution in [-0.2, 0) is 33.3 Å². The number of hydrogen-bond donors (Lipinski definition) is 0. The minimum atomic E-state index is -1.61. The monoisotopic (exact) mass is 1080 g/mol. The zero-order chi connectivity index (χ0) is 55.5. The quantitative estimate of drug-likeness (QED) is 0.0256. The van der Waals surface area contributed by atoms with Gasteiger partial charge in [0.05, 0.1) is 40.3 Å². The Morgan fingerprint density at radius 3 is 0.842 bits per heavy atom. The number of hydrogen-bond acceptors (Lipinski definition) is 8. The van der Waals surface area contributed by atoms with Gasteiger partial charge in [-0.2, -0.15) is 0 Å². The van der Waals surface area contributed by atoms with Crippen molar-refractivity contribution in [2.24, 2.45) is 0 Å². The average Bonchev–Trinajstić information content (AvgIpc) is 3.39. The van der Waals surface area contributed by atoms with Crippen LogP contribution in [0.4, 0.5) is 0 Å². The average molecular weight is 1080 g/mol. The lowest BCUT2D eigenvalue weighted by atomic mass is 10.0. The molecule has 0 rings (SSSR count). The first kappa shape index (κ1) is 74.3. The van der Waals surface area contributed by atoms with Crippen LogP contribution in [0.3, 0.4) is 0 Å². The zero-order valence-electron chi connectivity index (χ0n) is 51.7. The highest BCUT2D eigenvalue weighted by atomic mass is 16.7. The summed E-state index contributed by atoms with van der Waals surface area (Å²) in [5.74, 6) is -2.25. The first-order chi connectivity index (χ1) is 37.1. The lowest BCUT2D eigenvalue weighted by Crippen LogP contribution is -2.44. The third kappa shape index (κ3) is 59.9. The van der Waals surface area contributed by atoms with Crippen LogP contribution in [0.5, 0.6) is 0 Å². The van der Waals surface area contributed by atoms with Crippen LogP contribution in [0.25, 0.3) is 0 Å². The summed E-state index contributed by atoms with van der Waals surface area (Å²) in [5, 5.41) is 11.8. The maximum absolute atomic E-state index is 12.9. The van der Waals surface area contributed by atoms with Crippen molar-refractivity contribution in [2.75, 3.05) is 47.5 Å². The van der Waals surface area contributed by atoms with Crippen LogP contribution in [0, 0.1) is 0 Å². The highest BCUT2D eigenvalue weighted by molar-refractivity contribution is 5.70. The lowest BCUT2D eigenvalue weighted by molar-refractivity contribution is -0.870. The second kappa shape index (κ2) is 59.4. The van der Waals surface area contributed by atoms with E-state index in [1.165, 1.54) is 289 Å². The smallest absolute Gasteiger partial charge is 0.306 e. The molecule has 76 heavy (non-hydrogen) atoms. The Kier molecular flexibility index (Phi) is 58.1. The predicted octanol–water partition coefficient (Wildman–Crippen LogP) is 19.0. The number of carboxylic acids is 1. The first-order valence-electron chi connectivity index (χ1n) is 33.7. The van der Waals surface area contributed by atoms with Gasteiger partial charge in [0.1, 0.15) is 13.2 Å². The molecule has 0 aliphatic rings. The molecule has 0 aromatic carbocycles. The third-order valence-corrected chi connectivity index (χ3v) is 15.6. The Labute approximate surface area is 473 Å². The van der Waals surface area contributed by atoms with E-state index in [1.807, 2.05) is 21.1 Å². The summed E-state index contributed by atoms with van der Waals surface area (Å²) in [4.78, 5) is 37.3. The standard InChI is InChI=1S/C67H131NO8/c1-6-8-10-12-14-16-18-20-22-24-25-26-27-28-29-30-31-32-33-34-35-36-37-38-39-40-41-42-44-46-48-50-52-54-56-58-65(70)76-63(62-75-67(66(71)72)73-60-59-68(3,4)5)61-74-64(69)57-55-53-51-49-47-45-43-23-21-19-17-15-13-11-9-7-2/h63,67H,6-62H2,1-5H3. The largest absolute Gasteiger partial charge is 0.545 e. The highest BCUT2D eigenvalue weighted by Crippen LogP contribution is 2.19. The van der Waals surface area contributed by atoms with Crippen LogP contribution in [0.15, 0.2) is 0 Å². The number of nitrogens with zero attached hydrogens (tertiary/aromatic N) is 1. The van der Waals surface area contributed by atoms with Gasteiger partial charge in [0.25, 0.3) is 0 Å². The highest BCUT2D eigenvalue weighted by Gasteiger charge is 2.22. The lowest BCUT2D eigenvalue weighted by Gasteiger charge is -2.26. The maximum Gasteiger partial charge on any atom is 0.306 e. The van der Waals surface area contributed by atoms with Crippen molar-refractivity contribution in [3.63, 3.8) is 0 Å². The molecule has 9 nitrogen and oxygen atoms in total. The van der Waals surface area contributed by atoms with E-state index in [0.29, 0.717) is 17.4 Å². The summed E-state index contributed by atoms with van der Waals surface area (Å²) in [6, 6.07) is 0. The van der Waals surface area contributed by atoms with Gasteiger partial charge in [0, 0.05) is 12.8 Å². The number of carbonyl (C=O) groups excluding carboxylic acids is 3. The van der Waals surface area contributed by atoms with Crippen molar-refractivity contribution in [1.29, 1.82) is 0 Å². The summed E-state index contributed by atoms with van der Waals surface area (Å²) in [6.07, 6.45) is 66.3. The van der Waals surface area contributed by atoms with E-state index in [0.717, 1.165) is 38.5 Å². The molecule has 452 valence electrons. The van der Waals surface area contributed by atoms with Gasteiger partial charge in [-0.15, -0.1) is 0 Å². The molecular weight excluding hydrogens is 947 g/mol. The molecule has 2 unspecified atom stereocenters. The summed E-state index contributed by atoms with van der Waals surface area (Å²) in [5.41, 5.74) is 0. The van der Waals surface area contributed by atoms with Crippen molar-refractivity contribution in [2.45, 2.75) is 367 Å². The van der Waals surface area contributed by atoms with Gasteiger partial charge in [-0.3, -0.25) is 9.59 Å². The second-order valence-electron chi connectivity index (χ2n) is 24.5. The Balaban J connectivity index is 3.96. The van der Waals surface area contributed by atoms with Gasteiger partial charge in [-0.05, 0) is 12.8 Å². The van der Waals surface area contributed by atoms with Crippen LogP contribution >= 0.6 is 0 Å². The van der Waals surface area contributed by atoms with E-state index < -0.39 is 24.3 Å².